The Hall–Kier alpha value is -1.26. The van der Waals surface area contributed by atoms with Gasteiger partial charge in [-0.3, -0.25) is 4.90 Å². The van der Waals surface area contributed by atoms with Crippen LogP contribution in [0.25, 0.3) is 0 Å². The van der Waals surface area contributed by atoms with Crippen LogP contribution in [0.3, 0.4) is 0 Å². The van der Waals surface area contributed by atoms with Crippen molar-refractivity contribution < 1.29 is 19.4 Å². The first-order chi connectivity index (χ1) is 8.24. The number of carbonyl (C=O) groups excluding carboxylic acids is 1. The molecule has 5 nitrogen and oxygen atoms in total. The second-order valence-electron chi connectivity index (χ2n) is 5.82. The van der Waals surface area contributed by atoms with Crippen molar-refractivity contribution in [1.29, 1.82) is 0 Å². The number of carboxylic acid groups (broad SMARTS) is 1. The van der Waals surface area contributed by atoms with Crippen LogP contribution in [0.2, 0.25) is 0 Å². The molecule has 104 valence electrons. The Labute approximate surface area is 108 Å². The normalized spacial score (nSPS) is 24.8. The maximum atomic E-state index is 12.1. The number of nitrogens with zero attached hydrogens (tertiary/aromatic N) is 1. The summed E-state index contributed by atoms with van der Waals surface area (Å²) in [5.74, 6) is -0.0267. The predicted octanol–water partition coefficient (Wildman–Crippen LogP) is 2.50. The van der Waals surface area contributed by atoms with E-state index in [0.717, 1.165) is 12.8 Å². The second kappa shape index (κ2) is 5.59. The van der Waals surface area contributed by atoms with E-state index >= 15 is 0 Å². The summed E-state index contributed by atoms with van der Waals surface area (Å²) in [5, 5.41) is 9.13. The van der Waals surface area contributed by atoms with E-state index < -0.39 is 23.7 Å². The average molecular weight is 257 g/mol. The predicted molar refractivity (Wildman–Crippen MR) is 67.4 cm³/mol. The van der Waals surface area contributed by atoms with E-state index in [0.29, 0.717) is 18.9 Å². The number of hydrogen-bond donors (Lipinski definition) is 1. The molecule has 1 aliphatic rings. The first-order valence-corrected chi connectivity index (χ1v) is 6.47. The third kappa shape index (κ3) is 3.89. The summed E-state index contributed by atoms with van der Waals surface area (Å²) in [6, 6.07) is -0.652. The van der Waals surface area contributed by atoms with Gasteiger partial charge < -0.3 is 9.84 Å². The van der Waals surface area contributed by atoms with Gasteiger partial charge in [0.2, 0.25) is 0 Å². The van der Waals surface area contributed by atoms with E-state index in [-0.39, 0.29) is 0 Å². The Morgan fingerprint density at radius 2 is 2.00 bits per heavy atom. The number of hydrogen-bond acceptors (Lipinski definition) is 3. The van der Waals surface area contributed by atoms with Crippen molar-refractivity contribution in [3.63, 3.8) is 0 Å². The van der Waals surface area contributed by atoms with Crippen molar-refractivity contribution >= 4 is 12.1 Å². The lowest BCUT2D eigenvalue weighted by Gasteiger charge is -2.37. The van der Waals surface area contributed by atoms with Gasteiger partial charge in [-0.1, -0.05) is 13.3 Å². The minimum absolute atomic E-state index is 0.401. The van der Waals surface area contributed by atoms with Crippen molar-refractivity contribution in [1.82, 2.24) is 4.90 Å². The molecular formula is C13H23NO4. The van der Waals surface area contributed by atoms with Gasteiger partial charge in [0.15, 0.2) is 0 Å². The largest absolute Gasteiger partial charge is 0.465 e. The second-order valence-corrected chi connectivity index (χ2v) is 5.82. The molecule has 1 heterocycles. The van der Waals surface area contributed by atoms with Crippen LogP contribution in [0.5, 0.6) is 0 Å². The van der Waals surface area contributed by atoms with Crippen LogP contribution in [0, 0.1) is 5.92 Å². The maximum absolute atomic E-state index is 12.1. The average Bonchev–Trinajstić information content (AvgIpc) is 2.25. The molecule has 1 saturated heterocycles. The van der Waals surface area contributed by atoms with Crippen LogP contribution in [-0.4, -0.2) is 40.3 Å². The van der Waals surface area contributed by atoms with Gasteiger partial charge in [-0.25, -0.2) is 9.59 Å². The molecule has 1 fully saturated rings. The third-order valence-electron chi connectivity index (χ3n) is 3.21. The Kier molecular flexibility index (Phi) is 4.59. The van der Waals surface area contributed by atoms with Gasteiger partial charge in [-0.15, -0.1) is 0 Å². The fraction of sp³-hybridized carbons (Fsp3) is 0.846. The quantitative estimate of drug-likeness (QED) is 0.772. The SMILES string of the molecule is CCC1CCN(C(=O)O)C(C(=O)OC(C)(C)C)C1. The van der Waals surface area contributed by atoms with Crippen LogP contribution in [0.4, 0.5) is 4.79 Å². The lowest BCUT2D eigenvalue weighted by Crippen LogP contribution is -2.51. The van der Waals surface area contributed by atoms with E-state index in [9.17, 15) is 9.59 Å². The number of carbonyl (C=O) groups is 2. The molecule has 2 unspecified atom stereocenters. The van der Waals surface area contributed by atoms with Crippen molar-refractivity contribution in [3.8, 4) is 0 Å². The highest BCUT2D eigenvalue weighted by atomic mass is 16.6. The van der Waals surface area contributed by atoms with Crippen molar-refractivity contribution in [2.75, 3.05) is 6.54 Å². The molecule has 0 aromatic carbocycles. The van der Waals surface area contributed by atoms with E-state index in [1.165, 1.54) is 4.90 Å². The first-order valence-electron chi connectivity index (χ1n) is 6.47. The molecular weight excluding hydrogens is 234 g/mol. The van der Waals surface area contributed by atoms with Crippen LogP contribution < -0.4 is 0 Å². The molecule has 0 saturated carbocycles. The van der Waals surface area contributed by atoms with Gasteiger partial charge in [0.05, 0.1) is 0 Å². The number of ether oxygens (including phenoxy) is 1. The molecule has 1 aliphatic heterocycles. The van der Waals surface area contributed by atoms with Crippen molar-refractivity contribution in [2.45, 2.75) is 58.6 Å². The number of amides is 1. The van der Waals surface area contributed by atoms with Crippen LogP contribution in [-0.2, 0) is 9.53 Å². The molecule has 5 heteroatoms. The van der Waals surface area contributed by atoms with Crippen molar-refractivity contribution in [3.05, 3.63) is 0 Å². The highest BCUT2D eigenvalue weighted by Gasteiger charge is 2.38. The fourth-order valence-corrected chi connectivity index (χ4v) is 2.23. The molecule has 0 aromatic rings. The smallest absolute Gasteiger partial charge is 0.408 e. The van der Waals surface area contributed by atoms with E-state index in [1.54, 1.807) is 20.8 Å². The van der Waals surface area contributed by atoms with Crippen molar-refractivity contribution in [2.24, 2.45) is 5.92 Å². The van der Waals surface area contributed by atoms with E-state index in [1.807, 2.05) is 0 Å². The third-order valence-corrected chi connectivity index (χ3v) is 3.21. The molecule has 1 amide bonds. The minimum Gasteiger partial charge on any atom is -0.465 e. The summed E-state index contributed by atoms with van der Waals surface area (Å²) in [5.41, 5.74) is -0.583. The maximum Gasteiger partial charge on any atom is 0.408 e. The topological polar surface area (TPSA) is 66.8 Å². The van der Waals surface area contributed by atoms with Crippen LogP contribution in [0.1, 0.15) is 47.0 Å². The van der Waals surface area contributed by atoms with Gasteiger partial charge in [-0.2, -0.15) is 0 Å². The van der Waals surface area contributed by atoms with E-state index in [4.69, 9.17) is 9.84 Å². The molecule has 18 heavy (non-hydrogen) atoms. The summed E-state index contributed by atoms with van der Waals surface area (Å²) in [6.45, 7) is 7.84. The van der Waals surface area contributed by atoms with Gasteiger partial charge in [0.25, 0.3) is 0 Å². The van der Waals surface area contributed by atoms with Crippen LogP contribution >= 0.6 is 0 Å². The van der Waals surface area contributed by atoms with Gasteiger partial charge in [0, 0.05) is 6.54 Å². The number of likely N-dealkylation sites (tertiary alicyclic amines) is 1. The molecule has 0 radical (unpaired) electrons. The number of esters is 1. The molecule has 0 spiro atoms. The zero-order valence-electron chi connectivity index (χ0n) is 11.6. The lowest BCUT2D eigenvalue weighted by molar-refractivity contribution is -0.162. The van der Waals surface area contributed by atoms with Gasteiger partial charge in [-0.05, 0) is 39.5 Å². The Bertz CT molecular complexity index is 321. The fourth-order valence-electron chi connectivity index (χ4n) is 2.23. The summed E-state index contributed by atoms with van der Waals surface area (Å²) >= 11 is 0. The molecule has 0 aromatic heterocycles. The molecule has 1 rings (SSSR count). The Balaban J connectivity index is 2.78. The molecule has 1 N–H and O–H groups in total. The van der Waals surface area contributed by atoms with Gasteiger partial charge >= 0.3 is 12.1 Å². The standard InChI is InChI=1S/C13H23NO4/c1-5-9-6-7-14(12(16)17)10(8-9)11(15)18-13(2,3)4/h9-10H,5-8H2,1-4H3,(H,16,17). The number of rotatable bonds is 2. The van der Waals surface area contributed by atoms with Crippen LogP contribution in [0.15, 0.2) is 0 Å². The van der Waals surface area contributed by atoms with E-state index in [2.05, 4.69) is 6.92 Å². The first kappa shape index (κ1) is 14.8. The zero-order chi connectivity index (χ0) is 13.9. The summed E-state index contributed by atoms with van der Waals surface area (Å²) in [4.78, 5) is 24.4. The summed E-state index contributed by atoms with van der Waals surface area (Å²) in [6.07, 6.45) is 1.31. The summed E-state index contributed by atoms with van der Waals surface area (Å²) in [7, 11) is 0. The lowest BCUT2D eigenvalue weighted by atomic mass is 9.89. The molecule has 0 bridgehead atoms. The summed E-state index contributed by atoms with van der Waals surface area (Å²) < 4.78 is 5.31. The van der Waals surface area contributed by atoms with Gasteiger partial charge in [0.1, 0.15) is 11.6 Å². The monoisotopic (exact) mass is 257 g/mol. The highest BCUT2D eigenvalue weighted by Crippen LogP contribution is 2.27. The Morgan fingerprint density at radius 3 is 2.44 bits per heavy atom. The molecule has 2 atom stereocenters. The zero-order valence-corrected chi connectivity index (χ0v) is 11.6. The molecule has 0 aliphatic carbocycles. The minimum atomic E-state index is -1.04. The number of piperidine rings is 1. The highest BCUT2D eigenvalue weighted by molar-refractivity contribution is 5.81. The Morgan fingerprint density at radius 1 is 1.39 bits per heavy atom.